The van der Waals surface area contributed by atoms with Crippen molar-refractivity contribution < 1.29 is 23.8 Å². The van der Waals surface area contributed by atoms with Gasteiger partial charge in [-0.05, 0) is 36.6 Å². The Balaban J connectivity index is 1.68. The molecule has 2 aromatic rings. The first-order chi connectivity index (χ1) is 14.0. The quantitative estimate of drug-likeness (QED) is 0.638. The van der Waals surface area contributed by atoms with Crippen LogP contribution in [0.3, 0.4) is 0 Å². The number of nitrogens with one attached hydrogen (secondary N) is 1. The molecular formula is C21H26N2O5S. The van der Waals surface area contributed by atoms with E-state index in [0.29, 0.717) is 23.2 Å². The van der Waals surface area contributed by atoms with Crippen LogP contribution < -0.4 is 19.5 Å². The summed E-state index contributed by atoms with van der Waals surface area (Å²) in [5.41, 5.74) is 0. The largest absolute Gasteiger partial charge is 0.497 e. The van der Waals surface area contributed by atoms with E-state index in [9.17, 15) is 9.59 Å². The van der Waals surface area contributed by atoms with Gasteiger partial charge in [0.15, 0.2) is 11.2 Å². The lowest BCUT2D eigenvalue weighted by Crippen LogP contribution is -2.35. The fraction of sp³-hybridized carbons (Fsp3) is 0.476. The molecule has 1 fully saturated rings. The molecule has 1 aromatic carbocycles. The number of rotatable bonds is 8. The smallest absolute Gasteiger partial charge is 0.309 e. The standard InChI is InChI=1S/C21H26N2O5S/c1-14(24)27-19-13-29-21(22-19)23-20(25)18(12-15-6-4-3-5-7-15)28-17-10-8-16(26-2)9-11-17/h8-11,13,15,18H,3-7,12H2,1-2H3,(H,22,23,25). The molecule has 0 spiro atoms. The van der Waals surface area contributed by atoms with Gasteiger partial charge in [-0.15, -0.1) is 11.3 Å². The highest BCUT2D eigenvalue weighted by Gasteiger charge is 2.27. The van der Waals surface area contributed by atoms with Gasteiger partial charge in [-0.3, -0.25) is 14.9 Å². The molecule has 1 atom stereocenters. The molecule has 3 rings (SSSR count). The molecule has 1 aromatic heterocycles. The summed E-state index contributed by atoms with van der Waals surface area (Å²) >= 11 is 1.20. The van der Waals surface area contributed by atoms with E-state index >= 15 is 0 Å². The number of nitrogens with zero attached hydrogens (tertiary/aromatic N) is 1. The second-order valence-corrected chi connectivity index (χ2v) is 7.95. The second-order valence-electron chi connectivity index (χ2n) is 7.10. The normalized spacial score (nSPS) is 15.4. The lowest BCUT2D eigenvalue weighted by Gasteiger charge is -2.26. The van der Waals surface area contributed by atoms with Crippen LogP contribution in [0.5, 0.6) is 17.4 Å². The number of aromatic nitrogens is 1. The molecule has 0 saturated heterocycles. The topological polar surface area (TPSA) is 86.8 Å². The van der Waals surface area contributed by atoms with Crippen molar-refractivity contribution in [1.82, 2.24) is 4.98 Å². The van der Waals surface area contributed by atoms with Gasteiger partial charge in [0, 0.05) is 6.92 Å². The predicted molar refractivity (Wildman–Crippen MR) is 111 cm³/mol. The van der Waals surface area contributed by atoms with Gasteiger partial charge in [0.2, 0.25) is 5.88 Å². The maximum Gasteiger partial charge on any atom is 0.309 e. The van der Waals surface area contributed by atoms with Crippen LogP contribution in [0.25, 0.3) is 0 Å². The number of benzene rings is 1. The van der Waals surface area contributed by atoms with Crippen molar-refractivity contribution in [3.63, 3.8) is 0 Å². The first kappa shape index (κ1) is 21.1. The van der Waals surface area contributed by atoms with E-state index < -0.39 is 12.1 Å². The van der Waals surface area contributed by atoms with Crippen LogP contribution in [-0.2, 0) is 9.59 Å². The predicted octanol–water partition coefficient (Wildman–Crippen LogP) is 4.43. The Morgan fingerprint density at radius 3 is 2.52 bits per heavy atom. The summed E-state index contributed by atoms with van der Waals surface area (Å²) < 4.78 is 16.2. The van der Waals surface area contributed by atoms with Crippen LogP contribution in [0.4, 0.5) is 5.13 Å². The van der Waals surface area contributed by atoms with Gasteiger partial charge in [-0.1, -0.05) is 32.1 Å². The number of amides is 1. The second kappa shape index (κ2) is 10.2. The highest BCUT2D eigenvalue weighted by molar-refractivity contribution is 7.14. The number of carbonyl (C=O) groups excluding carboxylic acids is 2. The average molecular weight is 419 g/mol. The molecule has 0 bridgehead atoms. The summed E-state index contributed by atoms with van der Waals surface area (Å²) in [4.78, 5) is 28.1. The van der Waals surface area contributed by atoms with E-state index in [-0.39, 0.29) is 11.8 Å². The summed E-state index contributed by atoms with van der Waals surface area (Å²) in [6, 6.07) is 7.19. The molecule has 1 aliphatic rings. The Hall–Kier alpha value is -2.61. The van der Waals surface area contributed by atoms with Crippen LogP contribution in [0.1, 0.15) is 45.4 Å². The Morgan fingerprint density at radius 1 is 1.17 bits per heavy atom. The van der Waals surface area contributed by atoms with Crippen LogP contribution in [-0.4, -0.2) is 30.1 Å². The minimum Gasteiger partial charge on any atom is -0.497 e. The van der Waals surface area contributed by atoms with Gasteiger partial charge in [0.1, 0.15) is 11.5 Å². The molecule has 1 heterocycles. The first-order valence-corrected chi connectivity index (χ1v) is 10.7. The molecule has 1 amide bonds. The number of hydrogen-bond acceptors (Lipinski definition) is 7. The van der Waals surface area contributed by atoms with E-state index in [1.54, 1.807) is 36.8 Å². The minimum atomic E-state index is -0.632. The van der Waals surface area contributed by atoms with Crippen molar-refractivity contribution in [3.8, 4) is 17.4 Å². The highest BCUT2D eigenvalue weighted by Crippen LogP contribution is 2.30. The molecule has 29 heavy (non-hydrogen) atoms. The third-order valence-electron chi connectivity index (χ3n) is 4.86. The van der Waals surface area contributed by atoms with Crippen molar-refractivity contribution in [1.29, 1.82) is 0 Å². The number of methoxy groups -OCH3 is 1. The lowest BCUT2D eigenvalue weighted by molar-refractivity contribution is -0.132. The van der Waals surface area contributed by atoms with Crippen LogP contribution in [0, 0.1) is 5.92 Å². The number of hydrogen-bond donors (Lipinski definition) is 1. The van der Waals surface area contributed by atoms with Crippen molar-refractivity contribution in [2.24, 2.45) is 5.92 Å². The Morgan fingerprint density at radius 2 is 1.86 bits per heavy atom. The molecule has 8 heteroatoms. The van der Waals surface area contributed by atoms with Gasteiger partial charge in [0.05, 0.1) is 12.5 Å². The van der Waals surface area contributed by atoms with E-state index in [1.165, 1.54) is 37.5 Å². The fourth-order valence-electron chi connectivity index (χ4n) is 3.45. The first-order valence-electron chi connectivity index (χ1n) is 9.79. The summed E-state index contributed by atoms with van der Waals surface area (Å²) in [7, 11) is 1.60. The lowest BCUT2D eigenvalue weighted by atomic mass is 9.85. The molecule has 1 unspecified atom stereocenters. The van der Waals surface area contributed by atoms with Crippen LogP contribution in [0.2, 0.25) is 0 Å². The molecule has 156 valence electrons. The Bertz CT molecular complexity index is 815. The summed E-state index contributed by atoms with van der Waals surface area (Å²) in [6.45, 7) is 1.31. The fourth-order valence-corrected chi connectivity index (χ4v) is 4.06. The van der Waals surface area contributed by atoms with E-state index in [2.05, 4.69) is 10.3 Å². The van der Waals surface area contributed by atoms with Gasteiger partial charge in [0.25, 0.3) is 5.91 Å². The Kier molecular flexibility index (Phi) is 7.46. The third kappa shape index (κ3) is 6.45. The number of carbonyl (C=O) groups is 2. The highest BCUT2D eigenvalue weighted by atomic mass is 32.1. The zero-order valence-electron chi connectivity index (χ0n) is 16.7. The molecule has 0 aliphatic heterocycles. The van der Waals surface area contributed by atoms with E-state index in [1.807, 2.05) is 0 Å². The summed E-state index contributed by atoms with van der Waals surface area (Å²) in [5, 5.41) is 4.75. The van der Waals surface area contributed by atoms with Crippen LogP contribution in [0.15, 0.2) is 29.6 Å². The van der Waals surface area contributed by atoms with Gasteiger partial charge >= 0.3 is 5.97 Å². The van der Waals surface area contributed by atoms with Crippen molar-refractivity contribution in [2.45, 2.75) is 51.6 Å². The molecule has 7 nitrogen and oxygen atoms in total. The van der Waals surface area contributed by atoms with Crippen molar-refractivity contribution in [3.05, 3.63) is 29.6 Å². The van der Waals surface area contributed by atoms with Gasteiger partial charge in [-0.25, -0.2) is 0 Å². The zero-order chi connectivity index (χ0) is 20.6. The maximum absolute atomic E-state index is 12.9. The SMILES string of the molecule is COc1ccc(OC(CC2CCCCC2)C(=O)Nc2nc(OC(C)=O)cs2)cc1. The van der Waals surface area contributed by atoms with Crippen molar-refractivity contribution in [2.75, 3.05) is 12.4 Å². The monoisotopic (exact) mass is 418 g/mol. The van der Waals surface area contributed by atoms with E-state index in [4.69, 9.17) is 14.2 Å². The number of thiazole rings is 1. The molecular weight excluding hydrogens is 392 g/mol. The molecule has 1 N–H and O–H groups in total. The Labute approximate surface area is 174 Å². The molecule has 1 aliphatic carbocycles. The average Bonchev–Trinajstić information content (AvgIpc) is 3.14. The van der Waals surface area contributed by atoms with Crippen LogP contribution >= 0.6 is 11.3 Å². The minimum absolute atomic E-state index is 0.178. The molecule has 0 radical (unpaired) electrons. The zero-order valence-corrected chi connectivity index (χ0v) is 17.5. The summed E-state index contributed by atoms with van der Waals surface area (Å²) in [6.07, 6.45) is 5.89. The van der Waals surface area contributed by atoms with Gasteiger partial charge < -0.3 is 14.2 Å². The van der Waals surface area contributed by atoms with E-state index in [0.717, 1.165) is 18.6 Å². The third-order valence-corrected chi connectivity index (χ3v) is 5.60. The number of anilines is 1. The number of esters is 1. The van der Waals surface area contributed by atoms with Crippen molar-refractivity contribution >= 4 is 28.3 Å². The number of ether oxygens (including phenoxy) is 3. The summed E-state index contributed by atoms with van der Waals surface area (Å²) in [5.74, 6) is 1.28. The maximum atomic E-state index is 12.9. The molecule has 1 saturated carbocycles. The van der Waals surface area contributed by atoms with Gasteiger partial charge in [-0.2, -0.15) is 4.98 Å².